The molecule has 0 fully saturated rings. The van der Waals surface area contributed by atoms with Crippen LogP contribution in [-0.2, 0) is 4.79 Å². The number of hydrogen-bond acceptors (Lipinski definition) is 6. The maximum atomic E-state index is 12.1. The number of hydrogen-bond donors (Lipinski definition) is 1. The minimum atomic E-state index is -0.308. The van der Waals surface area contributed by atoms with Crippen molar-refractivity contribution in [3.63, 3.8) is 0 Å². The number of para-hydroxylation sites is 2. The predicted octanol–water partition coefficient (Wildman–Crippen LogP) is 4.28. The largest absolute Gasteiger partial charge is 0.483 e. The molecule has 2 aromatic carbocycles. The van der Waals surface area contributed by atoms with Gasteiger partial charge in [0.05, 0.1) is 15.8 Å². The summed E-state index contributed by atoms with van der Waals surface area (Å²) in [5.41, 5.74) is 1.81. The number of carbonyl (C=O) groups excluding carboxylic acids is 1. The van der Waals surface area contributed by atoms with Crippen molar-refractivity contribution in [3.05, 3.63) is 60.4 Å². The molecular weight excluding hydrogens is 350 g/mol. The van der Waals surface area contributed by atoms with Gasteiger partial charge in [0.1, 0.15) is 16.5 Å². The molecule has 0 spiro atoms. The Balaban J connectivity index is 1.51. The van der Waals surface area contributed by atoms with Gasteiger partial charge in [0.25, 0.3) is 5.91 Å². The van der Waals surface area contributed by atoms with Gasteiger partial charge in [-0.2, -0.15) is 0 Å². The highest BCUT2D eigenvalue weighted by atomic mass is 32.1. The Bertz CT molecular complexity index is 1040. The van der Waals surface area contributed by atoms with Crippen LogP contribution in [0.2, 0.25) is 0 Å². The molecule has 7 heteroatoms. The zero-order chi connectivity index (χ0) is 17.9. The minimum Gasteiger partial charge on any atom is -0.483 e. The molecule has 1 amide bonds. The van der Waals surface area contributed by atoms with Crippen molar-refractivity contribution in [1.82, 2.24) is 10.1 Å². The summed E-state index contributed by atoms with van der Waals surface area (Å²) in [6, 6.07) is 17.2. The van der Waals surface area contributed by atoms with Gasteiger partial charge in [-0.3, -0.25) is 4.79 Å². The maximum absolute atomic E-state index is 12.1. The Morgan fingerprint density at radius 1 is 1.19 bits per heavy atom. The van der Waals surface area contributed by atoms with Gasteiger partial charge in [-0.05, 0) is 31.2 Å². The molecule has 130 valence electrons. The molecule has 0 unspecified atom stereocenters. The molecule has 0 aliphatic heterocycles. The normalized spacial score (nSPS) is 10.8. The lowest BCUT2D eigenvalue weighted by molar-refractivity contribution is -0.118. The van der Waals surface area contributed by atoms with E-state index < -0.39 is 0 Å². The highest BCUT2D eigenvalue weighted by molar-refractivity contribution is 7.21. The second-order valence-corrected chi connectivity index (χ2v) is 6.67. The van der Waals surface area contributed by atoms with Gasteiger partial charge in [0.15, 0.2) is 12.4 Å². The molecule has 0 bridgehead atoms. The number of fused-ring (bicyclic) bond motifs is 1. The van der Waals surface area contributed by atoms with E-state index in [0.717, 1.165) is 20.8 Å². The van der Waals surface area contributed by atoms with Crippen molar-refractivity contribution in [2.24, 2.45) is 0 Å². The summed E-state index contributed by atoms with van der Waals surface area (Å²) in [7, 11) is 0. The molecule has 26 heavy (non-hydrogen) atoms. The number of carbonyl (C=O) groups is 1. The van der Waals surface area contributed by atoms with Crippen LogP contribution < -0.4 is 10.1 Å². The van der Waals surface area contributed by atoms with Crippen LogP contribution >= 0.6 is 11.3 Å². The standard InChI is InChI=1S/C19H15N3O3S/c1-12-10-17(22-25-12)21-18(23)11-24-15-8-4-2-6-13(15)19-20-14-7-3-5-9-16(14)26-19/h2-10H,11H2,1H3,(H,21,22,23). The molecule has 0 aliphatic rings. The first-order valence-electron chi connectivity index (χ1n) is 8.00. The van der Waals surface area contributed by atoms with Crippen LogP contribution in [0.4, 0.5) is 5.82 Å². The summed E-state index contributed by atoms with van der Waals surface area (Å²) >= 11 is 1.59. The van der Waals surface area contributed by atoms with Crippen LogP contribution in [0.1, 0.15) is 5.76 Å². The van der Waals surface area contributed by atoms with Crippen molar-refractivity contribution in [1.29, 1.82) is 0 Å². The second kappa shape index (κ2) is 6.97. The van der Waals surface area contributed by atoms with Crippen LogP contribution in [0.15, 0.2) is 59.1 Å². The molecule has 2 aromatic heterocycles. The number of anilines is 1. The minimum absolute atomic E-state index is 0.131. The van der Waals surface area contributed by atoms with Crippen LogP contribution in [0, 0.1) is 6.92 Å². The molecule has 4 rings (SSSR count). The lowest BCUT2D eigenvalue weighted by Crippen LogP contribution is -2.20. The molecule has 0 radical (unpaired) electrons. The van der Waals surface area contributed by atoms with E-state index in [1.54, 1.807) is 24.3 Å². The molecule has 0 saturated heterocycles. The first kappa shape index (κ1) is 16.3. The van der Waals surface area contributed by atoms with Gasteiger partial charge in [0.2, 0.25) is 0 Å². The fourth-order valence-electron chi connectivity index (χ4n) is 2.50. The number of nitrogens with one attached hydrogen (secondary N) is 1. The summed E-state index contributed by atoms with van der Waals surface area (Å²) in [5.74, 6) is 1.30. The molecule has 1 N–H and O–H groups in total. The summed E-state index contributed by atoms with van der Waals surface area (Å²) in [5, 5.41) is 7.22. The Morgan fingerprint density at radius 3 is 2.81 bits per heavy atom. The first-order chi connectivity index (χ1) is 12.7. The summed E-state index contributed by atoms with van der Waals surface area (Å²) in [6.45, 7) is 1.63. The third-order valence-corrected chi connectivity index (χ3v) is 4.74. The third kappa shape index (κ3) is 3.43. The molecule has 0 aliphatic carbocycles. The van der Waals surface area contributed by atoms with Crippen molar-refractivity contribution in [3.8, 4) is 16.3 Å². The van der Waals surface area contributed by atoms with Gasteiger partial charge in [0, 0.05) is 6.07 Å². The van der Waals surface area contributed by atoms with Crippen LogP contribution in [0.3, 0.4) is 0 Å². The lowest BCUT2D eigenvalue weighted by Gasteiger charge is -2.09. The number of ether oxygens (including phenoxy) is 1. The quantitative estimate of drug-likeness (QED) is 0.571. The lowest BCUT2D eigenvalue weighted by atomic mass is 10.2. The fourth-order valence-corrected chi connectivity index (χ4v) is 3.50. The number of amides is 1. The van der Waals surface area contributed by atoms with Crippen molar-refractivity contribution < 1.29 is 14.1 Å². The fraction of sp³-hybridized carbons (Fsp3) is 0.105. The number of thiazole rings is 1. The molecule has 0 saturated carbocycles. The molecule has 4 aromatic rings. The van der Waals surface area contributed by atoms with E-state index in [9.17, 15) is 4.79 Å². The van der Waals surface area contributed by atoms with Gasteiger partial charge in [-0.15, -0.1) is 11.3 Å². The van der Waals surface area contributed by atoms with E-state index in [2.05, 4.69) is 15.5 Å². The maximum Gasteiger partial charge on any atom is 0.263 e. The number of aromatic nitrogens is 2. The highest BCUT2D eigenvalue weighted by Gasteiger charge is 2.13. The van der Waals surface area contributed by atoms with Gasteiger partial charge < -0.3 is 14.6 Å². The number of aryl methyl sites for hydroxylation is 1. The second-order valence-electron chi connectivity index (χ2n) is 5.64. The molecule has 0 atom stereocenters. The van der Waals surface area contributed by atoms with Crippen molar-refractivity contribution in [2.45, 2.75) is 6.92 Å². The van der Waals surface area contributed by atoms with Gasteiger partial charge in [-0.25, -0.2) is 4.98 Å². The first-order valence-corrected chi connectivity index (χ1v) is 8.81. The average Bonchev–Trinajstić information content (AvgIpc) is 3.26. The summed E-state index contributed by atoms with van der Waals surface area (Å²) in [6.07, 6.45) is 0. The van der Waals surface area contributed by atoms with Gasteiger partial charge >= 0.3 is 0 Å². The predicted molar refractivity (Wildman–Crippen MR) is 100 cm³/mol. The van der Waals surface area contributed by atoms with E-state index in [-0.39, 0.29) is 12.5 Å². The average molecular weight is 365 g/mol. The van der Waals surface area contributed by atoms with E-state index in [4.69, 9.17) is 9.26 Å². The van der Waals surface area contributed by atoms with Crippen molar-refractivity contribution in [2.75, 3.05) is 11.9 Å². The van der Waals surface area contributed by atoms with E-state index in [1.165, 1.54) is 0 Å². The van der Waals surface area contributed by atoms with Gasteiger partial charge in [-0.1, -0.05) is 29.4 Å². The van der Waals surface area contributed by atoms with Crippen LogP contribution in [0.5, 0.6) is 5.75 Å². The Labute approximate surface area is 153 Å². The summed E-state index contributed by atoms with van der Waals surface area (Å²) < 4.78 is 11.8. The SMILES string of the molecule is Cc1cc(NC(=O)COc2ccccc2-c2nc3ccccc3s2)no1. The molecule has 6 nitrogen and oxygen atoms in total. The molecular formula is C19H15N3O3S. The third-order valence-electron chi connectivity index (χ3n) is 3.67. The van der Waals surface area contributed by atoms with Crippen LogP contribution in [0.25, 0.3) is 20.8 Å². The van der Waals surface area contributed by atoms with Crippen molar-refractivity contribution >= 4 is 33.3 Å². The highest BCUT2D eigenvalue weighted by Crippen LogP contribution is 2.35. The zero-order valence-corrected chi connectivity index (χ0v) is 14.7. The summed E-state index contributed by atoms with van der Waals surface area (Å²) in [4.78, 5) is 16.7. The van der Waals surface area contributed by atoms with E-state index >= 15 is 0 Å². The van der Waals surface area contributed by atoms with Crippen LogP contribution in [-0.4, -0.2) is 22.7 Å². The Kier molecular flexibility index (Phi) is 4.37. The smallest absolute Gasteiger partial charge is 0.263 e. The monoisotopic (exact) mass is 365 g/mol. The Hall–Kier alpha value is -3.19. The Morgan fingerprint density at radius 2 is 2.00 bits per heavy atom. The topological polar surface area (TPSA) is 77.2 Å². The molecule has 2 heterocycles. The van der Waals surface area contributed by atoms with E-state index in [1.807, 2.05) is 48.5 Å². The zero-order valence-electron chi connectivity index (χ0n) is 13.9. The number of nitrogens with zero attached hydrogens (tertiary/aromatic N) is 2. The number of benzene rings is 2. The number of rotatable bonds is 5. The van der Waals surface area contributed by atoms with E-state index in [0.29, 0.717) is 17.3 Å².